The van der Waals surface area contributed by atoms with Crippen molar-refractivity contribution >= 4 is 34.4 Å². The van der Waals surface area contributed by atoms with Crippen molar-refractivity contribution in [2.75, 3.05) is 6.26 Å². The number of phenolic OH excluding ortho intramolecular Hbond substituents is 1. The van der Waals surface area contributed by atoms with Gasteiger partial charge in [0.2, 0.25) is 0 Å². The lowest BCUT2D eigenvalue weighted by atomic mass is 10.2. The van der Waals surface area contributed by atoms with Gasteiger partial charge in [0.15, 0.2) is 0 Å². The van der Waals surface area contributed by atoms with Gasteiger partial charge in [-0.05, 0) is 24.0 Å². The first-order valence-electron chi connectivity index (χ1n) is 3.19. The van der Waals surface area contributed by atoms with E-state index in [2.05, 4.69) is 22.6 Å². The molecule has 3 heteroatoms. The Balaban J connectivity index is 2.99. The molecule has 0 aliphatic heterocycles. The monoisotopic (exact) mass is 280 g/mol. The summed E-state index contributed by atoms with van der Waals surface area (Å²) in [5, 5.41) is 9.40. The molecule has 0 saturated carbocycles. The molecule has 0 unspecified atom stereocenters. The van der Waals surface area contributed by atoms with Crippen molar-refractivity contribution in [2.24, 2.45) is 0 Å². The van der Waals surface area contributed by atoms with E-state index in [1.165, 1.54) is 5.56 Å². The van der Waals surface area contributed by atoms with E-state index in [0.29, 0.717) is 5.75 Å². The Morgan fingerprint density at radius 2 is 2.27 bits per heavy atom. The molecule has 60 valence electrons. The minimum absolute atomic E-state index is 0.395. The minimum atomic E-state index is 0.395. The van der Waals surface area contributed by atoms with Crippen molar-refractivity contribution in [1.29, 1.82) is 0 Å². The highest BCUT2D eigenvalue weighted by Gasteiger charge is 1.99. The molecule has 1 nitrogen and oxygen atoms in total. The van der Waals surface area contributed by atoms with E-state index >= 15 is 0 Å². The van der Waals surface area contributed by atoms with Crippen LogP contribution in [0, 0.1) is 0 Å². The number of hydrogen-bond acceptors (Lipinski definition) is 2. The van der Waals surface area contributed by atoms with Gasteiger partial charge in [-0.25, -0.2) is 0 Å². The number of halogens is 1. The van der Waals surface area contributed by atoms with Crippen LogP contribution in [-0.2, 0) is 4.43 Å². The second-order valence-corrected chi connectivity index (χ2v) is 3.75. The van der Waals surface area contributed by atoms with Crippen LogP contribution in [0.4, 0.5) is 0 Å². The summed E-state index contributed by atoms with van der Waals surface area (Å²) in [7, 11) is 0. The second-order valence-electron chi connectivity index (χ2n) is 2.14. The van der Waals surface area contributed by atoms with Crippen LogP contribution >= 0.6 is 34.4 Å². The average molecular weight is 280 g/mol. The molecular formula is C8H9IOS. The summed E-state index contributed by atoms with van der Waals surface area (Å²) >= 11 is 3.84. The summed E-state index contributed by atoms with van der Waals surface area (Å²) in [6.45, 7) is 0. The van der Waals surface area contributed by atoms with Gasteiger partial charge in [-0.15, -0.1) is 11.8 Å². The maximum Gasteiger partial charge on any atom is 0.129 e. The number of hydrogen-bond donors (Lipinski definition) is 1. The molecule has 0 heterocycles. The van der Waals surface area contributed by atoms with E-state index in [1.807, 2.05) is 24.5 Å². The van der Waals surface area contributed by atoms with Crippen LogP contribution in [0.1, 0.15) is 5.56 Å². The van der Waals surface area contributed by atoms with E-state index in [4.69, 9.17) is 0 Å². The zero-order valence-corrected chi connectivity index (χ0v) is 9.15. The Kier molecular flexibility index (Phi) is 3.51. The third kappa shape index (κ3) is 2.27. The van der Waals surface area contributed by atoms with Gasteiger partial charge in [0.1, 0.15) is 5.75 Å². The lowest BCUT2D eigenvalue weighted by Gasteiger charge is -2.01. The fourth-order valence-corrected chi connectivity index (χ4v) is 1.77. The van der Waals surface area contributed by atoms with Gasteiger partial charge in [-0.3, -0.25) is 0 Å². The van der Waals surface area contributed by atoms with Crippen LogP contribution in [0.25, 0.3) is 0 Å². The predicted molar refractivity (Wildman–Crippen MR) is 57.6 cm³/mol. The molecule has 1 aromatic carbocycles. The van der Waals surface area contributed by atoms with E-state index in [1.54, 1.807) is 11.8 Å². The Morgan fingerprint density at radius 3 is 2.73 bits per heavy atom. The van der Waals surface area contributed by atoms with E-state index in [-0.39, 0.29) is 0 Å². The second kappa shape index (κ2) is 4.21. The van der Waals surface area contributed by atoms with Crippen molar-refractivity contribution in [2.45, 2.75) is 9.32 Å². The zero-order chi connectivity index (χ0) is 8.27. The highest BCUT2D eigenvalue weighted by Crippen LogP contribution is 2.27. The highest BCUT2D eigenvalue weighted by molar-refractivity contribution is 14.1. The van der Waals surface area contributed by atoms with Crippen LogP contribution in [0.5, 0.6) is 5.75 Å². The molecular weight excluding hydrogens is 271 g/mol. The molecule has 11 heavy (non-hydrogen) atoms. The summed E-state index contributed by atoms with van der Waals surface area (Å²) in [6.07, 6.45) is 1.96. The fraction of sp³-hybridized carbons (Fsp3) is 0.250. The third-order valence-corrected chi connectivity index (χ3v) is 3.06. The van der Waals surface area contributed by atoms with Crippen LogP contribution < -0.4 is 0 Å². The molecule has 0 fully saturated rings. The molecule has 0 spiro atoms. The first-order valence-corrected chi connectivity index (χ1v) is 5.95. The van der Waals surface area contributed by atoms with Gasteiger partial charge in [0.25, 0.3) is 0 Å². The smallest absolute Gasteiger partial charge is 0.129 e. The Labute approximate surface area is 84.3 Å². The van der Waals surface area contributed by atoms with Crippen molar-refractivity contribution < 1.29 is 5.11 Å². The van der Waals surface area contributed by atoms with Crippen LogP contribution in [0.3, 0.4) is 0 Å². The maximum absolute atomic E-state index is 9.40. The fourth-order valence-electron chi connectivity index (χ4n) is 0.819. The zero-order valence-electron chi connectivity index (χ0n) is 6.17. The molecule has 0 amide bonds. The molecule has 0 bridgehead atoms. The van der Waals surface area contributed by atoms with Gasteiger partial charge in [-0.1, -0.05) is 28.7 Å². The molecule has 1 rings (SSSR count). The SMILES string of the molecule is CSc1ccc(CI)cc1O. The largest absolute Gasteiger partial charge is 0.507 e. The Bertz CT molecular complexity index is 250. The minimum Gasteiger partial charge on any atom is -0.507 e. The van der Waals surface area contributed by atoms with Crippen LogP contribution in [-0.4, -0.2) is 11.4 Å². The van der Waals surface area contributed by atoms with Crippen molar-refractivity contribution in [3.05, 3.63) is 23.8 Å². The number of alkyl halides is 1. The van der Waals surface area contributed by atoms with E-state index in [9.17, 15) is 5.11 Å². The van der Waals surface area contributed by atoms with Crippen molar-refractivity contribution in [3.8, 4) is 5.75 Å². The van der Waals surface area contributed by atoms with Crippen molar-refractivity contribution in [1.82, 2.24) is 0 Å². The molecule has 1 N–H and O–H groups in total. The molecule has 0 atom stereocenters. The molecule has 1 aromatic rings. The summed E-state index contributed by atoms with van der Waals surface area (Å²) < 4.78 is 0.944. The lowest BCUT2D eigenvalue weighted by molar-refractivity contribution is 0.462. The lowest BCUT2D eigenvalue weighted by Crippen LogP contribution is -1.78. The quantitative estimate of drug-likeness (QED) is 0.510. The summed E-state index contributed by atoms with van der Waals surface area (Å²) in [5.41, 5.74) is 1.17. The summed E-state index contributed by atoms with van der Waals surface area (Å²) in [5.74, 6) is 0.395. The van der Waals surface area contributed by atoms with Crippen LogP contribution in [0.2, 0.25) is 0 Å². The molecule has 0 saturated heterocycles. The normalized spacial score (nSPS) is 10.0. The van der Waals surface area contributed by atoms with Gasteiger partial charge in [0.05, 0.1) is 0 Å². The van der Waals surface area contributed by atoms with Gasteiger partial charge >= 0.3 is 0 Å². The first kappa shape index (κ1) is 9.19. The number of rotatable bonds is 2. The number of thioether (sulfide) groups is 1. The third-order valence-electron chi connectivity index (χ3n) is 1.40. The van der Waals surface area contributed by atoms with E-state index < -0.39 is 0 Å². The standard InChI is InChI=1S/C8H9IOS/c1-11-8-3-2-6(5-9)4-7(8)10/h2-4,10H,5H2,1H3. The van der Waals surface area contributed by atoms with E-state index in [0.717, 1.165) is 9.32 Å². The molecule has 0 radical (unpaired) electrons. The van der Waals surface area contributed by atoms with Crippen molar-refractivity contribution in [3.63, 3.8) is 0 Å². The topological polar surface area (TPSA) is 20.2 Å². The molecule has 0 aliphatic carbocycles. The Hall–Kier alpha value is 0.1000. The highest BCUT2D eigenvalue weighted by atomic mass is 127. The van der Waals surface area contributed by atoms with Crippen LogP contribution in [0.15, 0.2) is 23.1 Å². The Morgan fingerprint density at radius 1 is 1.55 bits per heavy atom. The van der Waals surface area contributed by atoms with Gasteiger partial charge in [0, 0.05) is 9.32 Å². The van der Waals surface area contributed by atoms with Gasteiger partial charge < -0.3 is 5.11 Å². The first-order chi connectivity index (χ1) is 5.27. The number of phenols is 1. The number of benzene rings is 1. The predicted octanol–water partition coefficient (Wildman–Crippen LogP) is 3.05. The summed E-state index contributed by atoms with van der Waals surface area (Å²) in [4.78, 5) is 0.943. The van der Waals surface area contributed by atoms with Gasteiger partial charge in [-0.2, -0.15) is 0 Å². The average Bonchev–Trinajstić information content (AvgIpc) is 2.04. The summed E-state index contributed by atoms with van der Waals surface area (Å²) in [6, 6.07) is 5.81. The molecule has 0 aromatic heterocycles. The maximum atomic E-state index is 9.40. The number of aromatic hydroxyl groups is 1. The molecule has 0 aliphatic rings.